The molecule has 0 heterocycles. The van der Waals surface area contributed by atoms with Crippen LogP contribution in [0.2, 0.25) is 0 Å². The summed E-state index contributed by atoms with van der Waals surface area (Å²) in [4.78, 5) is 0. The first-order chi connectivity index (χ1) is 7.81. The summed E-state index contributed by atoms with van der Waals surface area (Å²) >= 11 is 0. The zero-order chi connectivity index (χ0) is 11.4. The van der Waals surface area contributed by atoms with Crippen molar-refractivity contribution < 1.29 is 4.74 Å². The summed E-state index contributed by atoms with van der Waals surface area (Å²) < 4.78 is 5.44. The van der Waals surface area contributed by atoms with Crippen molar-refractivity contribution in [1.82, 2.24) is 0 Å². The van der Waals surface area contributed by atoms with Crippen molar-refractivity contribution in [2.75, 3.05) is 6.61 Å². The monoisotopic (exact) mass is 216 g/mol. The Labute approximate surface area is 98.1 Å². The summed E-state index contributed by atoms with van der Waals surface area (Å²) in [6, 6.07) is 8.34. The minimum absolute atomic E-state index is 0.706. The van der Waals surface area contributed by atoms with Gasteiger partial charge in [0.25, 0.3) is 0 Å². The van der Waals surface area contributed by atoms with Gasteiger partial charge in [-0.1, -0.05) is 31.6 Å². The predicted octanol–water partition coefficient (Wildman–Crippen LogP) is 4.29. The molecular formula is C15H20O. The minimum atomic E-state index is 0.706. The molecule has 1 aliphatic rings. The Morgan fingerprint density at radius 3 is 2.44 bits per heavy atom. The van der Waals surface area contributed by atoms with Crippen LogP contribution < -0.4 is 4.74 Å². The highest BCUT2D eigenvalue weighted by molar-refractivity contribution is 5.66. The molecule has 0 atom stereocenters. The van der Waals surface area contributed by atoms with Crippen LogP contribution in [0.5, 0.6) is 5.75 Å². The maximum absolute atomic E-state index is 5.44. The Kier molecular flexibility index (Phi) is 3.66. The van der Waals surface area contributed by atoms with Crippen LogP contribution in [0.4, 0.5) is 0 Å². The van der Waals surface area contributed by atoms with Crippen LogP contribution in [0.3, 0.4) is 0 Å². The molecule has 1 aliphatic carbocycles. The van der Waals surface area contributed by atoms with Crippen molar-refractivity contribution in [3.63, 3.8) is 0 Å². The van der Waals surface area contributed by atoms with E-state index in [4.69, 9.17) is 4.74 Å². The Bertz CT molecular complexity index is 344. The maximum Gasteiger partial charge on any atom is 0.119 e. The van der Waals surface area contributed by atoms with Crippen LogP contribution in [-0.2, 0) is 0 Å². The Hall–Kier alpha value is -1.24. The van der Waals surface area contributed by atoms with E-state index in [-0.39, 0.29) is 0 Å². The van der Waals surface area contributed by atoms with E-state index in [2.05, 4.69) is 18.7 Å². The summed E-state index contributed by atoms with van der Waals surface area (Å²) in [5, 5.41) is 0. The van der Waals surface area contributed by atoms with Crippen molar-refractivity contribution in [1.29, 1.82) is 0 Å². The van der Waals surface area contributed by atoms with Crippen molar-refractivity contribution in [2.24, 2.45) is 5.92 Å². The molecule has 0 aliphatic heterocycles. The number of hydrogen-bond acceptors (Lipinski definition) is 1. The average Bonchev–Trinajstić information content (AvgIpc) is 2.83. The summed E-state index contributed by atoms with van der Waals surface area (Å²) in [5.74, 6) is 1.66. The van der Waals surface area contributed by atoms with Gasteiger partial charge < -0.3 is 4.74 Å². The van der Waals surface area contributed by atoms with E-state index in [1.807, 2.05) is 19.1 Å². The normalized spacial score (nSPS) is 16.3. The zero-order valence-electron chi connectivity index (χ0n) is 10.0. The van der Waals surface area contributed by atoms with E-state index in [0.29, 0.717) is 5.92 Å². The van der Waals surface area contributed by atoms with Gasteiger partial charge in [-0.05, 0) is 49.0 Å². The predicted molar refractivity (Wildman–Crippen MR) is 68.6 cm³/mol. The summed E-state index contributed by atoms with van der Waals surface area (Å²) in [6.07, 6.45) is 5.35. The molecular weight excluding hydrogens is 196 g/mol. The first kappa shape index (κ1) is 11.3. The van der Waals surface area contributed by atoms with Gasteiger partial charge in [0, 0.05) is 0 Å². The van der Waals surface area contributed by atoms with Crippen molar-refractivity contribution >= 4 is 5.57 Å². The molecule has 1 nitrogen and oxygen atoms in total. The number of benzene rings is 1. The van der Waals surface area contributed by atoms with Gasteiger partial charge in [-0.15, -0.1) is 0 Å². The maximum atomic E-state index is 5.44. The highest BCUT2D eigenvalue weighted by Crippen LogP contribution is 2.35. The fourth-order valence-corrected chi connectivity index (χ4v) is 2.44. The molecule has 0 unspecified atom stereocenters. The molecule has 2 rings (SSSR count). The lowest BCUT2D eigenvalue weighted by Gasteiger charge is -2.13. The standard InChI is InChI=1S/C15H20O/c1-3-16-15-10-8-14(9-11-15)12(2)13-6-4-5-7-13/h8-11,13H,2-7H2,1H3. The highest BCUT2D eigenvalue weighted by Gasteiger charge is 2.18. The molecule has 1 fully saturated rings. The van der Waals surface area contributed by atoms with Gasteiger partial charge in [0.15, 0.2) is 0 Å². The van der Waals surface area contributed by atoms with E-state index < -0.39 is 0 Å². The third-order valence-electron chi connectivity index (χ3n) is 3.38. The lowest BCUT2D eigenvalue weighted by Crippen LogP contribution is -1.97. The molecule has 1 heteroatoms. The highest BCUT2D eigenvalue weighted by atomic mass is 16.5. The number of rotatable bonds is 4. The van der Waals surface area contributed by atoms with Gasteiger partial charge in [-0.2, -0.15) is 0 Å². The molecule has 0 radical (unpaired) electrons. The van der Waals surface area contributed by atoms with E-state index >= 15 is 0 Å². The minimum Gasteiger partial charge on any atom is -0.494 e. The van der Waals surface area contributed by atoms with Crippen LogP contribution in [0.1, 0.15) is 38.2 Å². The van der Waals surface area contributed by atoms with Crippen LogP contribution in [0, 0.1) is 5.92 Å². The second kappa shape index (κ2) is 5.20. The van der Waals surface area contributed by atoms with Crippen LogP contribution in [0.25, 0.3) is 5.57 Å². The van der Waals surface area contributed by atoms with Crippen LogP contribution in [-0.4, -0.2) is 6.61 Å². The molecule has 0 aromatic heterocycles. The van der Waals surface area contributed by atoms with Gasteiger partial charge in [0.2, 0.25) is 0 Å². The summed E-state index contributed by atoms with van der Waals surface area (Å²) in [5.41, 5.74) is 2.58. The van der Waals surface area contributed by atoms with E-state index in [0.717, 1.165) is 12.4 Å². The number of allylic oxidation sites excluding steroid dienone is 1. The van der Waals surface area contributed by atoms with Gasteiger partial charge >= 0.3 is 0 Å². The van der Waals surface area contributed by atoms with Gasteiger partial charge in [0.05, 0.1) is 6.61 Å². The largest absolute Gasteiger partial charge is 0.494 e. The molecule has 1 aromatic carbocycles. The van der Waals surface area contributed by atoms with Gasteiger partial charge in [-0.25, -0.2) is 0 Å². The van der Waals surface area contributed by atoms with Crippen molar-refractivity contribution in [3.8, 4) is 5.75 Å². The Morgan fingerprint density at radius 2 is 1.88 bits per heavy atom. The molecule has 0 saturated heterocycles. The summed E-state index contributed by atoms with van der Waals surface area (Å²) in [6.45, 7) is 6.97. The fraction of sp³-hybridized carbons (Fsp3) is 0.467. The van der Waals surface area contributed by atoms with E-state index in [9.17, 15) is 0 Å². The van der Waals surface area contributed by atoms with Crippen molar-refractivity contribution in [3.05, 3.63) is 36.4 Å². The Balaban J connectivity index is 2.05. The first-order valence-electron chi connectivity index (χ1n) is 6.23. The van der Waals surface area contributed by atoms with Gasteiger partial charge in [-0.3, -0.25) is 0 Å². The van der Waals surface area contributed by atoms with Gasteiger partial charge in [0.1, 0.15) is 5.75 Å². The fourth-order valence-electron chi connectivity index (χ4n) is 2.44. The molecule has 0 bridgehead atoms. The second-order valence-corrected chi connectivity index (χ2v) is 4.46. The molecule has 0 amide bonds. The Morgan fingerprint density at radius 1 is 1.25 bits per heavy atom. The number of ether oxygens (including phenoxy) is 1. The molecule has 1 saturated carbocycles. The average molecular weight is 216 g/mol. The van der Waals surface area contributed by atoms with E-state index in [1.165, 1.54) is 36.8 Å². The molecule has 0 spiro atoms. The topological polar surface area (TPSA) is 9.23 Å². The molecule has 86 valence electrons. The third kappa shape index (κ3) is 2.46. The third-order valence-corrected chi connectivity index (χ3v) is 3.38. The van der Waals surface area contributed by atoms with Crippen molar-refractivity contribution in [2.45, 2.75) is 32.6 Å². The molecule has 0 N–H and O–H groups in total. The smallest absolute Gasteiger partial charge is 0.119 e. The molecule has 1 aromatic rings. The first-order valence-corrected chi connectivity index (χ1v) is 6.23. The van der Waals surface area contributed by atoms with Crippen LogP contribution >= 0.6 is 0 Å². The molecule has 16 heavy (non-hydrogen) atoms. The second-order valence-electron chi connectivity index (χ2n) is 4.46. The zero-order valence-corrected chi connectivity index (χ0v) is 10.0. The van der Waals surface area contributed by atoms with E-state index in [1.54, 1.807) is 0 Å². The lowest BCUT2D eigenvalue weighted by molar-refractivity contribution is 0.340. The SMILES string of the molecule is C=C(c1ccc(OCC)cc1)C1CCCC1. The van der Waals surface area contributed by atoms with Crippen LogP contribution in [0.15, 0.2) is 30.8 Å². The number of hydrogen-bond donors (Lipinski definition) is 0. The quantitative estimate of drug-likeness (QED) is 0.729. The summed E-state index contributed by atoms with van der Waals surface area (Å²) in [7, 11) is 0. The lowest BCUT2D eigenvalue weighted by atomic mass is 9.93.